The molecule has 1 aliphatic carbocycles. The van der Waals surface area contributed by atoms with Crippen LogP contribution in [0.3, 0.4) is 0 Å². The van der Waals surface area contributed by atoms with Crippen molar-refractivity contribution in [3.05, 3.63) is 35.4 Å². The van der Waals surface area contributed by atoms with Crippen LogP contribution in [0.5, 0.6) is 0 Å². The molecule has 3 aliphatic rings. The summed E-state index contributed by atoms with van der Waals surface area (Å²) in [4.78, 5) is 24.5. The molecule has 3 fully saturated rings. The van der Waals surface area contributed by atoms with Crippen LogP contribution in [0.4, 0.5) is 22.0 Å². The lowest BCUT2D eigenvalue weighted by atomic mass is 9.93. The zero-order valence-corrected chi connectivity index (χ0v) is 17.8. The van der Waals surface area contributed by atoms with Crippen molar-refractivity contribution < 1.29 is 36.6 Å². The number of alkyl halides is 5. The second-order valence-corrected chi connectivity index (χ2v) is 8.91. The molecule has 1 saturated carbocycles. The number of carbonyl (C=O) groups excluding carboxylic acids is 1. The normalized spacial score (nSPS) is 27.8. The molecule has 4 rings (SSSR count). The largest absolute Gasteiger partial charge is 0.490 e. The van der Waals surface area contributed by atoms with Crippen LogP contribution in [-0.2, 0) is 22.6 Å². The molecule has 2 aliphatic heterocycles. The molecule has 1 aromatic rings. The second-order valence-electron chi connectivity index (χ2n) is 8.91. The van der Waals surface area contributed by atoms with Crippen LogP contribution in [0.2, 0.25) is 0 Å². The van der Waals surface area contributed by atoms with E-state index in [1.807, 2.05) is 12.1 Å². The molecule has 0 bridgehead atoms. The van der Waals surface area contributed by atoms with Crippen LogP contribution in [0.1, 0.15) is 37.3 Å². The lowest BCUT2D eigenvalue weighted by molar-refractivity contribution is -0.192. The molecule has 1 aromatic carbocycles. The Morgan fingerprint density at radius 2 is 1.66 bits per heavy atom. The van der Waals surface area contributed by atoms with Crippen molar-refractivity contribution >= 4 is 11.9 Å². The lowest BCUT2D eigenvalue weighted by Gasteiger charge is -2.22. The molecule has 0 unspecified atom stereocenters. The van der Waals surface area contributed by atoms with Crippen molar-refractivity contribution in [3.8, 4) is 0 Å². The molecule has 1 amide bonds. The summed E-state index contributed by atoms with van der Waals surface area (Å²) in [5.41, 5.74) is -2.13. The summed E-state index contributed by atoms with van der Waals surface area (Å²) < 4.78 is 62.3. The van der Waals surface area contributed by atoms with E-state index in [-0.39, 0.29) is 19.6 Å². The van der Waals surface area contributed by atoms with Gasteiger partial charge in [0.1, 0.15) is 0 Å². The first kappa shape index (κ1) is 24.4. The topological polar surface area (TPSA) is 60.9 Å². The highest BCUT2D eigenvalue weighted by molar-refractivity contribution is 5.90. The van der Waals surface area contributed by atoms with Crippen LogP contribution in [0.25, 0.3) is 0 Å². The zero-order chi connectivity index (χ0) is 23.7. The van der Waals surface area contributed by atoms with Crippen molar-refractivity contribution in [3.63, 3.8) is 0 Å². The van der Waals surface area contributed by atoms with E-state index >= 15 is 8.78 Å². The summed E-state index contributed by atoms with van der Waals surface area (Å²) >= 11 is 0. The van der Waals surface area contributed by atoms with Crippen molar-refractivity contribution in [1.82, 2.24) is 9.80 Å². The standard InChI is InChI=1S/C20H26F2N2O.C2HF3O2/c1-2-3-15-4-6-16(7-5-15)10-23-12-19(21)13-24(11-17-8-9-17)18(25)20(19,22)14-23;3-2(4,5)1(6)7/h4-7,17H,2-3,8-14H2,1H3;(H,6,7)/t19-,20+;/m0./s1. The fraction of sp³-hybridized carbons (Fsp3) is 0.636. The number of aliphatic carboxylic acids is 1. The van der Waals surface area contributed by atoms with Crippen molar-refractivity contribution in [2.45, 2.75) is 56.7 Å². The van der Waals surface area contributed by atoms with Crippen LogP contribution >= 0.6 is 0 Å². The van der Waals surface area contributed by atoms with Gasteiger partial charge in [0.05, 0.1) is 6.54 Å². The summed E-state index contributed by atoms with van der Waals surface area (Å²) in [5, 5.41) is 7.12. The molecule has 5 nitrogen and oxygen atoms in total. The SMILES string of the molecule is CCCc1ccc(CN2C[C@]3(F)CN(CC4CC4)C(=O)[C@]3(F)C2)cc1.O=C(O)C(F)(F)F. The zero-order valence-electron chi connectivity index (χ0n) is 17.8. The molecule has 2 saturated heterocycles. The maximum atomic E-state index is 15.3. The second kappa shape index (κ2) is 8.96. The first-order valence-corrected chi connectivity index (χ1v) is 10.7. The number of carboxylic acid groups (broad SMARTS) is 1. The highest BCUT2D eigenvalue weighted by Gasteiger charge is 2.71. The van der Waals surface area contributed by atoms with Crippen molar-refractivity contribution in [1.29, 1.82) is 0 Å². The van der Waals surface area contributed by atoms with Crippen LogP contribution in [0, 0.1) is 5.92 Å². The van der Waals surface area contributed by atoms with Gasteiger partial charge in [-0.3, -0.25) is 9.69 Å². The Hall–Kier alpha value is -2.23. The van der Waals surface area contributed by atoms with Crippen LogP contribution < -0.4 is 0 Å². The predicted octanol–water partition coefficient (Wildman–Crippen LogP) is 3.76. The molecule has 1 N–H and O–H groups in total. The molecular weight excluding hydrogens is 435 g/mol. The van der Waals surface area contributed by atoms with Crippen LogP contribution in [-0.4, -0.2) is 70.5 Å². The summed E-state index contributed by atoms with van der Waals surface area (Å²) in [6, 6.07) is 8.20. The highest BCUT2D eigenvalue weighted by Crippen LogP contribution is 2.47. The summed E-state index contributed by atoms with van der Waals surface area (Å²) in [7, 11) is 0. The van der Waals surface area contributed by atoms with E-state index in [2.05, 4.69) is 19.1 Å². The number of hydrogen-bond acceptors (Lipinski definition) is 3. The number of hydrogen-bond donors (Lipinski definition) is 1. The number of carboxylic acids is 1. The number of nitrogens with zero attached hydrogens (tertiary/aromatic N) is 2. The summed E-state index contributed by atoms with van der Waals surface area (Å²) in [6.45, 7) is 2.91. The Balaban J connectivity index is 0.000000360. The Morgan fingerprint density at radius 1 is 1.09 bits per heavy atom. The molecule has 0 spiro atoms. The fourth-order valence-electron chi connectivity index (χ4n) is 4.27. The molecule has 0 radical (unpaired) electrons. The third kappa shape index (κ3) is 5.22. The summed E-state index contributed by atoms with van der Waals surface area (Å²) in [6.07, 6.45) is -0.804. The van der Waals surface area contributed by atoms with E-state index in [1.165, 1.54) is 10.5 Å². The number of aryl methyl sites for hydroxylation is 1. The van der Waals surface area contributed by atoms with Gasteiger partial charge in [-0.05, 0) is 36.3 Å². The average Bonchev–Trinajstić information content (AvgIpc) is 3.44. The van der Waals surface area contributed by atoms with E-state index in [4.69, 9.17) is 9.90 Å². The molecule has 32 heavy (non-hydrogen) atoms. The number of carbonyl (C=O) groups is 2. The first-order chi connectivity index (χ1) is 14.9. The van der Waals surface area contributed by atoms with Crippen LogP contribution in [0.15, 0.2) is 24.3 Å². The van der Waals surface area contributed by atoms with Gasteiger partial charge in [0.2, 0.25) is 5.67 Å². The number of rotatable bonds is 6. The summed E-state index contributed by atoms with van der Waals surface area (Å²) in [5.74, 6) is -2.94. The van der Waals surface area contributed by atoms with Gasteiger partial charge in [0.15, 0.2) is 5.67 Å². The van der Waals surface area contributed by atoms with Crippen molar-refractivity contribution in [2.24, 2.45) is 5.92 Å². The van der Waals surface area contributed by atoms with E-state index in [1.54, 1.807) is 4.90 Å². The van der Waals surface area contributed by atoms with Gasteiger partial charge in [-0.15, -0.1) is 0 Å². The number of likely N-dealkylation sites (tertiary alicyclic amines) is 2. The number of benzene rings is 1. The molecular formula is C22H27F5N2O3. The Bertz CT molecular complexity index is 843. The fourth-order valence-corrected chi connectivity index (χ4v) is 4.27. The minimum Gasteiger partial charge on any atom is -0.475 e. The predicted molar refractivity (Wildman–Crippen MR) is 106 cm³/mol. The molecule has 2 atom stereocenters. The van der Waals surface area contributed by atoms with E-state index < -0.39 is 29.4 Å². The number of amides is 1. The minimum absolute atomic E-state index is 0.00683. The first-order valence-electron chi connectivity index (χ1n) is 10.7. The molecule has 10 heteroatoms. The third-order valence-electron chi connectivity index (χ3n) is 6.08. The van der Waals surface area contributed by atoms with E-state index in [0.29, 0.717) is 19.0 Å². The van der Waals surface area contributed by atoms with Gasteiger partial charge in [-0.2, -0.15) is 13.2 Å². The third-order valence-corrected chi connectivity index (χ3v) is 6.08. The smallest absolute Gasteiger partial charge is 0.475 e. The van der Waals surface area contributed by atoms with Gasteiger partial charge >= 0.3 is 12.1 Å². The molecule has 178 valence electrons. The van der Waals surface area contributed by atoms with Gasteiger partial charge < -0.3 is 10.0 Å². The van der Waals surface area contributed by atoms with E-state index in [0.717, 1.165) is 31.2 Å². The lowest BCUT2D eigenvalue weighted by Crippen LogP contribution is -2.47. The van der Waals surface area contributed by atoms with Gasteiger partial charge in [-0.1, -0.05) is 37.6 Å². The minimum atomic E-state index is -5.08. The highest BCUT2D eigenvalue weighted by atomic mass is 19.4. The quantitative estimate of drug-likeness (QED) is 0.655. The number of fused-ring (bicyclic) bond motifs is 1. The van der Waals surface area contributed by atoms with Gasteiger partial charge in [0.25, 0.3) is 5.91 Å². The molecule has 0 aromatic heterocycles. The monoisotopic (exact) mass is 462 g/mol. The van der Waals surface area contributed by atoms with Crippen molar-refractivity contribution in [2.75, 3.05) is 26.2 Å². The van der Waals surface area contributed by atoms with Gasteiger partial charge in [0, 0.05) is 26.2 Å². The number of halogens is 5. The van der Waals surface area contributed by atoms with Gasteiger partial charge in [-0.25, -0.2) is 13.6 Å². The van der Waals surface area contributed by atoms with E-state index in [9.17, 15) is 18.0 Å². The Kier molecular flexibility index (Phi) is 6.83. The maximum absolute atomic E-state index is 15.3. The average molecular weight is 462 g/mol. The molecule has 2 heterocycles. The Morgan fingerprint density at radius 3 is 2.12 bits per heavy atom. The maximum Gasteiger partial charge on any atom is 0.490 e. The Labute approximate surface area is 183 Å².